The summed E-state index contributed by atoms with van der Waals surface area (Å²) in [5.41, 5.74) is 0. The molecule has 0 aromatic carbocycles. The van der Waals surface area contributed by atoms with Crippen LogP contribution in [0.2, 0.25) is 0 Å². The maximum absolute atomic E-state index is 11.0. The molecule has 0 aliphatic carbocycles. The predicted molar refractivity (Wildman–Crippen MR) is 16.9 cm³/mol. The van der Waals surface area contributed by atoms with Crippen LogP contribution in [0.1, 0.15) is 0 Å². The van der Waals surface area contributed by atoms with E-state index in [2.05, 4.69) is 4.10 Å². The van der Waals surface area contributed by atoms with Gasteiger partial charge in [0.25, 0.3) is 0 Å². The van der Waals surface area contributed by atoms with Crippen LogP contribution in [0.5, 0.6) is 0 Å². The molecule has 48 valence electrons. The Morgan fingerprint density at radius 3 is 1.60 bits per heavy atom. The fourth-order valence-electron chi connectivity index (χ4n) is 0.0938. The molecule has 0 fully saturated rings. The van der Waals surface area contributed by atoms with Crippen molar-refractivity contribution in [2.24, 2.45) is 0 Å². The van der Waals surface area contributed by atoms with Gasteiger partial charge in [-0.25, -0.2) is 0 Å². The smallest absolute Gasteiger partial charge is 0.869 e. The molecule has 10 heavy (non-hydrogen) atoms. The first-order valence-electron chi connectivity index (χ1n) is 1.36. The van der Waals surface area contributed by atoms with Gasteiger partial charge >= 0.3 is 48.2 Å². The maximum Gasteiger partial charge on any atom is 1.00 e. The Morgan fingerprint density at radius 1 is 1.30 bits per heavy atom. The van der Waals surface area contributed by atoms with E-state index >= 15 is 0 Å². The van der Waals surface area contributed by atoms with Crippen LogP contribution in [-0.4, -0.2) is 15.7 Å². The van der Waals surface area contributed by atoms with Crippen molar-refractivity contribution in [2.75, 3.05) is 0 Å². The van der Waals surface area contributed by atoms with Crippen LogP contribution in [-0.2, 0) is 14.6 Å². The molecule has 0 atom stereocenters. The molecule has 0 amide bonds. The van der Waals surface area contributed by atoms with E-state index in [-0.39, 0.29) is 37.7 Å². The normalized spacial score (nSPS) is 9.10. The second kappa shape index (κ2) is 6.71. The Bertz CT molecular complexity index is 153. The van der Waals surface area contributed by atoms with Crippen LogP contribution in [0.15, 0.2) is 0 Å². The molecule has 0 unspecified atom stereocenters. The standard InChI is InChI=1S/BFO5S.2Li/c2-8(5,6)7-1(3)4;;/q-2;2*+1. The largest absolute Gasteiger partial charge is 1.00 e. The van der Waals surface area contributed by atoms with Gasteiger partial charge in [0.2, 0.25) is 0 Å². The molecule has 0 aliphatic heterocycles. The number of halogens is 1. The van der Waals surface area contributed by atoms with E-state index in [1.54, 1.807) is 0 Å². The molecule has 0 aromatic rings. The van der Waals surface area contributed by atoms with Gasteiger partial charge in [-0.05, 0) is 0 Å². The van der Waals surface area contributed by atoms with Crippen molar-refractivity contribution >= 4 is 17.8 Å². The van der Waals surface area contributed by atoms with Gasteiger partial charge in [-0.1, -0.05) is 3.89 Å². The van der Waals surface area contributed by atoms with E-state index in [1.807, 2.05) is 0 Å². The fourth-order valence-corrected chi connectivity index (χ4v) is 0.282. The molecule has 0 saturated heterocycles. The van der Waals surface area contributed by atoms with Crippen molar-refractivity contribution in [3.05, 3.63) is 0 Å². The van der Waals surface area contributed by atoms with Crippen LogP contribution in [0.4, 0.5) is 3.89 Å². The maximum atomic E-state index is 11.0. The van der Waals surface area contributed by atoms with Crippen LogP contribution in [0.3, 0.4) is 0 Å². The molecule has 0 spiro atoms. The van der Waals surface area contributed by atoms with Crippen LogP contribution in [0.25, 0.3) is 0 Å². The summed E-state index contributed by atoms with van der Waals surface area (Å²) in [5, 5.41) is 18.3. The Morgan fingerprint density at radius 2 is 1.60 bits per heavy atom. The molecule has 0 bridgehead atoms. The quantitative estimate of drug-likeness (QED) is 0.292. The van der Waals surface area contributed by atoms with Gasteiger partial charge in [-0.2, -0.15) is 8.42 Å². The second-order valence-electron chi connectivity index (χ2n) is 0.778. The summed E-state index contributed by atoms with van der Waals surface area (Å²) in [7, 11) is -8.47. The summed E-state index contributed by atoms with van der Waals surface area (Å²) < 4.78 is 31.9. The summed E-state index contributed by atoms with van der Waals surface area (Å²) in [6.45, 7) is 0. The van der Waals surface area contributed by atoms with E-state index in [9.17, 15) is 3.89 Å². The van der Waals surface area contributed by atoms with Crippen LogP contribution < -0.4 is 47.8 Å². The number of rotatable bonds is 2. The second-order valence-corrected chi connectivity index (χ2v) is 1.76. The predicted octanol–water partition coefficient (Wildman–Crippen LogP) is -9.07. The van der Waals surface area contributed by atoms with Gasteiger partial charge in [0.1, 0.15) is 0 Å². The van der Waals surface area contributed by atoms with Gasteiger partial charge in [-0.3, -0.25) is 0 Å². The number of hydrogen-bond donors (Lipinski definition) is 0. The molecule has 0 aromatic heterocycles. The van der Waals surface area contributed by atoms with Gasteiger partial charge in [0, 0.05) is 0 Å². The molecule has 10 heteroatoms. The van der Waals surface area contributed by atoms with Crippen molar-refractivity contribution in [3.8, 4) is 0 Å². The average Bonchev–Trinajstić information content (AvgIpc) is 1.21. The average molecular weight is 156 g/mol. The Kier molecular flexibility index (Phi) is 11.5. The summed E-state index contributed by atoms with van der Waals surface area (Å²) in [4.78, 5) is 0. The summed E-state index contributed by atoms with van der Waals surface area (Å²) in [6.07, 6.45) is 0. The zero-order valence-corrected chi connectivity index (χ0v) is 6.22. The third-order valence-electron chi connectivity index (χ3n) is 0.194. The van der Waals surface area contributed by atoms with E-state index in [0.29, 0.717) is 0 Å². The third kappa shape index (κ3) is 16.0. The molecule has 0 N–H and O–H groups in total. The molecular weight excluding hydrogens is 156 g/mol. The zero-order valence-electron chi connectivity index (χ0n) is 5.40. The minimum atomic E-state index is -5.35. The molecule has 0 rings (SSSR count). The van der Waals surface area contributed by atoms with Crippen molar-refractivity contribution in [1.82, 2.24) is 0 Å². The molecule has 5 nitrogen and oxygen atoms in total. The topological polar surface area (TPSA) is 89.5 Å². The van der Waals surface area contributed by atoms with Crippen molar-refractivity contribution in [1.29, 1.82) is 0 Å². The first-order valence-corrected chi connectivity index (χ1v) is 2.67. The van der Waals surface area contributed by atoms with Gasteiger partial charge in [0.05, 0.1) is 7.32 Å². The van der Waals surface area contributed by atoms with Gasteiger partial charge in [0.15, 0.2) is 0 Å². The summed E-state index contributed by atoms with van der Waals surface area (Å²) >= 11 is 0. The van der Waals surface area contributed by atoms with Gasteiger partial charge in [-0.15, -0.1) is 0 Å². The fraction of sp³-hybridized carbons (Fsp3) is 0. The minimum absolute atomic E-state index is 0. The summed E-state index contributed by atoms with van der Waals surface area (Å²) in [5.74, 6) is 0. The Labute approximate surface area is 81.9 Å². The SMILES string of the molecule is O=S(=O)(F)OB([O-])[O-].[Li+].[Li+]. The van der Waals surface area contributed by atoms with E-state index in [1.165, 1.54) is 0 Å². The summed E-state index contributed by atoms with van der Waals surface area (Å²) in [6, 6.07) is 0. The van der Waals surface area contributed by atoms with E-state index in [4.69, 9.17) is 18.5 Å². The molecular formula is BFLi2O5S. The van der Waals surface area contributed by atoms with E-state index < -0.39 is 17.8 Å². The molecule has 0 heterocycles. The third-order valence-corrected chi connectivity index (χ3v) is 0.581. The Balaban J connectivity index is -0.000000245. The first-order chi connectivity index (χ1) is 3.42. The van der Waals surface area contributed by atoms with Gasteiger partial charge < -0.3 is 14.1 Å². The van der Waals surface area contributed by atoms with Crippen molar-refractivity contribution in [3.63, 3.8) is 0 Å². The molecule has 0 saturated carbocycles. The minimum Gasteiger partial charge on any atom is -0.869 e. The van der Waals surface area contributed by atoms with E-state index in [0.717, 1.165) is 0 Å². The molecule has 0 aliphatic rings. The Hall–Kier alpha value is 1.02. The molecule has 0 radical (unpaired) electrons. The number of hydrogen-bond acceptors (Lipinski definition) is 5. The zero-order chi connectivity index (χ0) is 6.78. The van der Waals surface area contributed by atoms with Crippen molar-refractivity contribution < 1.29 is 64.2 Å². The monoisotopic (exact) mass is 156 g/mol. The van der Waals surface area contributed by atoms with Crippen LogP contribution >= 0.6 is 0 Å². The first kappa shape index (κ1) is 17.2. The van der Waals surface area contributed by atoms with Crippen molar-refractivity contribution in [2.45, 2.75) is 0 Å². The van der Waals surface area contributed by atoms with Crippen LogP contribution in [0, 0.1) is 0 Å².